The molecule has 0 unspecified atom stereocenters. The van der Waals surface area contributed by atoms with Gasteiger partial charge in [0.2, 0.25) is 0 Å². The molecule has 0 bridgehead atoms. The van der Waals surface area contributed by atoms with E-state index in [-0.39, 0.29) is 11.6 Å². The summed E-state index contributed by atoms with van der Waals surface area (Å²) in [5.74, 6) is -0.820. The highest BCUT2D eigenvalue weighted by atomic mass is 79.9. The zero-order valence-electron chi connectivity index (χ0n) is 11.6. The summed E-state index contributed by atoms with van der Waals surface area (Å²) in [6.07, 6.45) is 0.738. The molecule has 3 N–H and O–H groups in total. The molecule has 0 radical (unpaired) electrons. The van der Waals surface area contributed by atoms with Crippen molar-refractivity contribution in [2.75, 3.05) is 12.3 Å². The number of amides is 1. The van der Waals surface area contributed by atoms with Crippen LogP contribution in [0.5, 0.6) is 0 Å². The molecule has 0 atom stereocenters. The lowest BCUT2D eigenvalue weighted by atomic mass is 10.1. The van der Waals surface area contributed by atoms with Crippen molar-refractivity contribution in [3.8, 4) is 0 Å². The van der Waals surface area contributed by atoms with E-state index in [1.807, 2.05) is 25.1 Å². The molecule has 2 rings (SSSR count). The van der Waals surface area contributed by atoms with Gasteiger partial charge in [0, 0.05) is 11.0 Å². The Bertz CT molecular complexity index is 673. The molecule has 0 heterocycles. The van der Waals surface area contributed by atoms with Crippen LogP contribution in [0.2, 0.25) is 0 Å². The van der Waals surface area contributed by atoms with E-state index in [9.17, 15) is 9.18 Å². The van der Waals surface area contributed by atoms with E-state index >= 15 is 0 Å². The molecule has 2 aromatic carbocycles. The number of rotatable bonds is 4. The van der Waals surface area contributed by atoms with Crippen molar-refractivity contribution in [2.24, 2.45) is 0 Å². The molecular formula is C16H16BrFN2O. The molecule has 0 aromatic heterocycles. The summed E-state index contributed by atoms with van der Waals surface area (Å²) in [6.45, 7) is 2.53. The first-order valence-corrected chi connectivity index (χ1v) is 7.35. The van der Waals surface area contributed by atoms with Gasteiger partial charge in [-0.2, -0.15) is 0 Å². The van der Waals surface area contributed by atoms with E-state index < -0.39 is 5.82 Å². The van der Waals surface area contributed by atoms with Gasteiger partial charge in [0.15, 0.2) is 0 Å². The van der Waals surface area contributed by atoms with Gasteiger partial charge in [-0.3, -0.25) is 4.79 Å². The van der Waals surface area contributed by atoms with Crippen LogP contribution in [0.15, 0.2) is 40.9 Å². The molecule has 0 spiro atoms. The van der Waals surface area contributed by atoms with Gasteiger partial charge in [0.25, 0.3) is 5.91 Å². The van der Waals surface area contributed by atoms with Crippen LogP contribution in [0.25, 0.3) is 0 Å². The summed E-state index contributed by atoms with van der Waals surface area (Å²) in [5.41, 5.74) is 8.13. The summed E-state index contributed by atoms with van der Waals surface area (Å²) >= 11 is 3.17. The van der Waals surface area contributed by atoms with Crippen LogP contribution in [0.4, 0.5) is 10.1 Å². The summed E-state index contributed by atoms with van der Waals surface area (Å²) < 4.78 is 13.6. The first-order valence-electron chi connectivity index (χ1n) is 6.55. The Hall–Kier alpha value is -1.88. The number of hydrogen-bond acceptors (Lipinski definition) is 2. The molecule has 110 valence electrons. The zero-order chi connectivity index (χ0) is 15.4. The molecule has 5 heteroatoms. The maximum atomic E-state index is 13.2. The second-order valence-corrected chi connectivity index (χ2v) is 5.70. The van der Waals surface area contributed by atoms with Crippen molar-refractivity contribution < 1.29 is 9.18 Å². The molecule has 21 heavy (non-hydrogen) atoms. The molecule has 0 saturated carbocycles. The fourth-order valence-corrected chi connectivity index (χ4v) is 2.52. The second-order valence-electron chi connectivity index (χ2n) is 4.85. The number of anilines is 1. The fraction of sp³-hybridized carbons (Fsp3) is 0.188. The predicted octanol–water partition coefficient (Wildman–Crippen LogP) is 3.45. The molecule has 0 aliphatic heterocycles. The van der Waals surface area contributed by atoms with Gasteiger partial charge in [-0.05, 0) is 47.0 Å². The highest BCUT2D eigenvalue weighted by Gasteiger charge is 2.12. The van der Waals surface area contributed by atoms with E-state index in [0.717, 1.165) is 12.0 Å². The lowest BCUT2D eigenvalue weighted by molar-refractivity contribution is 0.0953. The standard InChI is InChI=1S/C16H16BrFN2O/c1-10-3-2-4-11(7-10)5-6-20-16(21)12-8-15(19)14(18)9-13(12)17/h2-4,7-9H,5-6,19H2,1H3,(H,20,21). The number of nitrogens with one attached hydrogen (secondary N) is 1. The Balaban J connectivity index is 1.98. The van der Waals surface area contributed by atoms with E-state index in [2.05, 4.69) is 27.3 Å². The molecule has 0 fully saturated rings. The normalized spacial score (nSPS) is 10.4. The van der Waals surface area contributed by atoms with Crippen molar-refractivity contribution in [1.29, 1.82) is 0 Å². The molecule has 1 amide bonds. The third-order valence-corrected chi connectivity index (χ3v) is 3.77. The molecule has 0 aliphatic carbocycles. The quantitative estimate of drug-likeness (QED) is 0.829. The smallest absolute Gasteiger partial charge is 0.252 e. The van der Waals surface area contributed by atoms with Gasteiger partial charge in [-0.15, -0.1) is 0 Å². The summed E-state index contributed by atoms with van der Waals surface area (Å²) in [6, 6.07) is 10.7. The van der Waals surface area contributed by atoms with Crippen molar-refractivity contribution in [3.05, 3.63) is 63.4 Å². The van der Waals surface area contributed by atoms with Gasteiger partial charge < -0.3 is 11.1 Å². The van der Waals surface area contributed by atoms with Gasteiger partial charge in [0.05, 0.1) is 11.3 Å². The van der Waals surface area contributed by atoms with Crippen LogP contribution in [-0.4, -0.2) is 12.5 Å². The molecule has 0 aliphatic rings. The van der Waals surface area contributed by atoms with Crippen LogP contribution < -0.4 is 11.1 Å². The zero-order valence-corrected chi connectivity index (χ0v) is 13.2. The minimum absolute atomic E-state index is 0.0398. The first kappa shape index (κ1) is 15.5. The van der Waals surface area contributed by atoms with E-state index in [0.29, 0.717) is 16.6 Å². The minimum atomic E-state index is -0.543. The summed E-state index contributed by atoms with van der Waals surface area (Å²) in [7, 11) is 0. The highest BCUT2D eigenvalue weighted by molar-refractivity contribution is 9.10. The van der Waals surface area contributed by atoms with Crippen LogP contribution >= 0.6 is 15.9 Å². The van der Waals surface area contributed by atoms with Crippen molar-refractivity contribution >= 4 is 27.5 Å². The average molecular weight is 351 g/mol. The molecule has 0 saturated heterocycles. The fourth-order valence-electron chi connectivity index (χ4n) is 2.02. The topological polar surface area (TPSA) is 55.1 Å². The van der Waals surface area contributed by atoms with Crippen molar-refractivity contribution in [3.63, 3.8) is 0 Å². The van der Waals surface area contributed by atoms with Crippen LogP contribution in [0, 0.1) is 12.7 Å². The number of aryl methyl sites for hydroxylation is 1. The number of benzene rings is 2. The van der Waals surface area contributed by atoms with E-state index in [1.54, 1.807) is 0 Å². The van der Waals surface area contributed by atoms with Gasteiger partial charge >= 0.3 is 0 Å². The number of nitrogen functional groups attached to an aromatic ring is 1. The largest absolute Gasteiger partial charge is 0.396 e. The maximum Gasteiger partial charge on any atom is 0.252 e. The highest BCUT2D eigenvalue weighted by Crippen LogP contribution is 2.22. The number of carbonyl (C=O) groups excluding carboxylic acids is 1. The van der Waals surface area contributed by atoms with E-state index in [4.69, 9.17) is 5.73 Å². The molecular weight excluding hydrogens is 335 g/mol. The number of hydrogen-bond donors (Lipinski definition) is 2. The number of halogens is 2. The van der Waals surface area contributed by atoms with Crippen LogP contribution in [0.1, 0.15) is 21.5 Å². The van der Waals surface area contributed by atoms with Crippen LogP contribution in [0.3, 0.4) is 0 Å². The number of carbonyl (C=O) groups is 1. The number of nitrogens with two attached hydrogens (primary N) is 1. The third kappa shape index (κ3) is 4.04. The summed E-state index contributed by atoms with van der Waals surface area (Å²) in [4.78, 5) is 12.1. The van der Waals surface area contributed by atoms with Crippen molar-refractivity contribution in [2.45, 2.75) is 13.3 Å². The average Bonchev–Trinajstić information content (AvgIpc) is 2.43. The maximum absolute atomic E-state index is 13.2. The minimum Gasteiger partial charge on any atom is -0.396 e. The third-order valence-electron chi connectivity index (χ3n) is 3.11. The Morgan fingerprint density at radius 2 is 2.10 bits per heavy atom. The van der Waals surface area contributed by atoms with Crippen LogP contribution in [-0.2, 0) is 6.42 Å². The predicted molar refractivity (Wildman–Crippen MR) is 85.7 cm³/mol. The van der Waals surface area contributed by atoms with Gasteiger partial charge in [0.1, 0.15) is 5.82 Å². The van der Waals surface area contributed by atoms with Gasteiger partial charge in [-0.25, -0.2) is 4.39 Å². The Morgan fingerprint density at radius 3 is 2.81 bits per heavy atom. The molecule has 2 aromatic rings. The Morgan fingerprint density at radius 1 is 1.33 bits per heavy atom. The summed E-state index contributed by atoms with van der Waals surface area (Å²) in [5, 5.41) is 2.81. The van der Waals surface area contributed by atoms with E-state index in [1.165, 1.54) is 17.7 Å². The first-order chi connectivity index (χ1) is 9.97. The lowest BCUT2D eigenvalue weighted by Crippen LogP contribution is -2.26. The monoisotopic (exact) mass is 350 g/mol. The van der Waals surface area contributed by atoms with Gasteiger partial charge in [-0.1, -0.05) is 29.8 Å². The SMILES string of the molecule is Cc1cccc(CCNC(=O)c2cc(N)c(F)cc2Br)c1. The Kier molecular flexibility index (Phi) is 4.96. The second kappa shape index (κ2) is 6.72. The molecule has 3 nitrogen and oxygen atoms in total. The van der Waals surface area contributed by atoms with Crippen molar-refractivity contribution in [1.82, 2.24) is 5.32 Å². The lowest BCUT2D eigenvalue weighted by Gasteiger charge is -2.09. The Labute approximate surface area is 131 Å².